The normalized spacial score (nSPS) is 60.5. The summed E-state index contributed by atoms with van der Waals surface area (Å²) in [5.74, 6) is -0.0439. The second-order valence-electron chi connectivity index (χ2n) is 12.5. The summed E-state index contributed by atoms with van der Waals surface area (Å²) < 4.78 is 6.03. The van der Waals surface area contributed by atoms with Crippen LogP contribution in [0.15, 0.2) is 42.5 Å². The Hall–Kier alpha value is -1.73. The van der Waals surface area contributed by atoms with E-state index in [-0.39, 0.29) is 35.3 Å². The molecular formula is C27H31NO5. The summed E-state index contributed by atoms with van der Waals surface area (Å²) in [5.41, 5.74) is -1.38. The maximum atomic E-state index is 13.0. The van der Waals surface area contributed by atoms with Gasteiger partial charge in [0.1, 0.15) is 12.2 Å². The summed E-state index contributed by atoms with van der Waals surface area (Å²) >= 11 is 0. The highest BCUT2D eigenvalue weighted by atomic mass is 16.6. The smallest absolute Gasteiger partial charge is 0.338 e. The van der Waals surface area contributed by atoms with Gasteiger partial charge >= 0.3 is 5.97 Å². The minimum absolute atomic E-state index is 0.0281. The Bertz CT molecular complexity index is 1120. The van der Waals surface area contributed by atoms with E-state index in [0.29, 0.717) is 18.4 Å². The van der Waals surface area contributed by atoms with Crippen LogP contribution in [0.2, 0.25) is 0 Å². The van der Waals surface area contributed by atoms with Crippen molar-refractivity contribution in [1.29, 1.82) is 0 Å². The van der Waals surface area contributed by atoms with Crippen LogP contribution in [0, 0.1) is 34.0 Å². The lowest BCUT2D eigenvalue weighted by atomic mass is 9.37. The summed E-state index contributed by atoms with van der Waals surface area (Å²) in [5, 5.41) is 36.3. The van der Waals surface area contributed by atoms with Crippen molar-refractivity contribution in [3.8, 4) is 0 Å². The van der Waals surface area contributed by atoms with Gasteiger partial charge in [-0.25, -0.2) is 4.79 Å². The predicted molar refractivity (Wildman–Crippen MR) is 118 cm³/mol. The standard InChI is InChI=1S/C27H31NO5/c1-13-15-8-16-20-27-19-17(10-25(16,21(13)29)26(27,32)9-15)28(20)12-24(19,2)11-18(22(27)30)33-23(31)14-6-4-3-5-7-14/h3-7,15-22,29-30,32H,1,8-12H2,2H3/t15-,16+,17+,18-,19?,20?,21+,22+,24-,25?,26-,27?/m0/s1. The van der Waals surface area contributed by atoms with E-state index in [2.05, 4.69) is 18.4 Å². The summed E-state index contributed by atoms with van der Waals surface area (Å²) in [6.07, 6.45) is 0.522. The second kappa shape index (κ2) is 5.40. The SMILES string of the molecule is C=C1[C@H]2C[C@@H]3C4N5C[C@]6(C)C[C@H](OC(=O)c7ccccc7)[C@@H](O)C47C6[C@H]5CC3([C@@H]1O)[C@@]7(O)C2. The zero-order valence-electron chi connectivity index (χ0n) is 18.9. The molecule has 3 aliphatic heterocycles. The number of aliphatic hydroxyl groups is 3. The second-order valence-corrected chi connectivity index (χ2v) is 12.5. The summed E-state index contributed by atoms with van der Waals surface area (Å²) in [7, 11) is 0. The van der Waals surface area contributed by atoms with E-state index in [1.54, 1.807) is 24.3 Å². The van der Waals surface area contributed by atoms with Crippen molar-refractivity contribution < 1.29 is 24.9 Å². The fourth-order valence-corrected chi connectivity index (χ4v) is 11.3. The van der Waals surface area contributed by atoms with Crippen molar-refractivity contribution in [2.24, 2.45) is 34.0 Å². The van der Waals surface area contributed by atoms with Gasteiger partial charge in [-0.15, -0.1) is 0 Å². The minimum atomic E-state index is -1.17. The number of fused-ring (bicyclic) bond motifs is 1. The van der Waals surface area contributed by atoms with Crippen LogP contribution in [0.25, 0.3) is 0 Å². The Morgan fingerprint density at radius 3 is 2.70 bits per heavy atom. The van der Waals surface area contributed by atoms with Gasteiger partial charge < -0.3 is 20.1 Å². The number of carbonyl (C=O) groups is 1. The maximum absolute atomic E-state index is 13.0. The average molecular weight is 450 g/mol. The summed E-state index contributed by atoms with van der Waals surface area (Å²) in [6.45, 7) is 7.40. The molecule has 6 aliphatic carbocycles. The van der Waals surface area contributed by atoms with E-state index in [1.807, 2.05) is 6.07 Å². The molecule has 9 fully saturated rings. The number of ether oxygens (including phenoxy) is 1. The Balaban J connectivity index is 1.28. The molecule has 174 valence electrons. The Morgan fingerprint density at radius 1 is 1.18 bits per heavy atom. The number of aliphatic hydroxyl groups excluding tert-OH is 2. The van der Waals surface area contributed by atoms with E-state index < -0.39 is 40.7 Å². The van der Waals surface area contributed by atoms with Gasteiger partial charge in [0.25, 0.3) is 0 Å². The molecule has 33 heavy (non-hydrogen) atoms. The van der Waals surface area contributed by atoms with Crippen LogP contribution >= 0.6 is 0 Å². The largest absolute Gasteiger partial charge is 0.456 e. The molecule has 0 aromatic heterocycles. The highest BCUT2D eigenvalue weighted by molar-refractivity contribution is 5.89. The van der Waals surface area contributed by atoms with E-state index in [1.165, 1.54) is 0 Å². The lowest BCUT2D eigenvalue weighted by Crippen LogP contribution is -2.77. The van der Waals surface area contributed by atoms with Crippen LogP contribution in [0.3, 0.4) is 0 Å². The van der Waals surface area contributed by atoms with Gasteiger partial charge in [-0.2, -0.15) is 0 Å². The fourth-order valence-electron chi connectivity index (χ4n) is 11.3. The maximum Gasteiger partial charge on any atom is 0.338 e. The van der Waals surface area contributed by atoms with Crippen LogP contribution in [0.5, 0.6) is 0 Å². The molecule has 6 heteroatoms. The number of hydrogen-bond donors (Lipinski definition) is 3. The third kappa shape index (κ3) is 1.67. The zero-order chi connectivity index (χ0) is 22.7. The third-order valence-electron chi connectivity index (χ3n) is 11.8. The number of carbonyl (C=O) groups excluding carboxylic acids is 1. The molecule has 0 radical (unpaired) electrons. The van der Waals surface area contributed by atoms with Crippen molar-refractivity contribution in [3.63, 3.8) is 0 Å². The lowest BCUT2D eigenvalue weighted by Gasteiger charge is -2.69. The first kappa shape index (κ1) is 19.6. The molecule has 5 unspecified atom stereocenters. The Kier molecular flexibility index (Phi) is 3.20. The van der Waals surface area contributed by atoms with Crippen LogP contribution in [-0.4, -0.2) is 68.7 Å². The molecule has 3 heterocycles. The lowest BCUT2D eigenvalue weighted by molar-refractivity contribution is -0.303. The molecule has 1 aromatic carbocycles. The first-order valence-electron chi connectivity index (χ1n) is 12.5. The predicted octanol–water partition coefficient (Wildman–Crippen LogP) is 1.74. The van der Waals surface area contributed by atoms with Crippen LogP contribution in [0.1, 0.15) is 43.0 Å². The molecule has 0 amide bonds. The monoisotopic (exact) mass is 449 g/mol. The van der Waals surface area contributed by atoms with Crippen molar-refractivity contribution >= 4 is 5.97 Å². The highest BCUT2D eigenvalue weighted by Gasteiger charge is 2.95. The van der Waals surface area contributed by atoms with Gasteiger partial charge in [-0.3, -0.25) is 4.90 Å². The van der Waals surface area contributed by atoms with Crippen LogP contribution in [-0.2, 0) is 4.74 Å². The Labute approximate surface area is 193 Å². The quantitative estimate of drug-likeness (QED) is 0.471. The molecule has 6 nitrogen and oxygen atoms in total. The topological polar surface area (TPSA) is 90.2 Å². The fraction of sp³-hybridized carbons (Fsp3) is 0.667. The van der Waals surface area contributed by atoms with E-state index in [0.717, 1.165) is 25.0 Å². The first-order valence-corrected chi connectivity index (χ1v) is 12.5. The van der Waals surface area contributed by atoms with E-state index >= 15 is 0 Å². The first-order chi connectivity index (χ1) is 15.7. The van der Waals surface area contributed by atoms with Gasteiger partial charge in [-0.1, -0.05) is 31.7 Å². The molecule has 13 atom stereocenters. The molecule has 3 N–H and O–H groups in total. The van der Waals surface area contributed by atoms with Gasteiger partial charge in [0, 0.05) is 24.0 Å². The van der Waals surface area contributed by atoms with Crippen molar-refractivity contribution in [1.82, 2.24) is 4.90 Å². The minimum Gasteiger partial charge on any atom is -0.456 e. The molecule has 9 bridgehead atoms. The summed E-state index contributed by atoms with van der Waals surface area (Å²) in [6, 6.07) is 9.22. The van der Waals surface area contributed by atoms with Gasteiger partial charge in [0.15, 0.2) is 0 Å². The van der Waals surface area contributed by atoms with Crippen LogP contribution in [0.4, 0.5) is 0 Å². The number of esters is 1. The molecule has 10 rings (SSSR count). The van der Waals surface area contributed by atoms with Gasteiger partial charge in [-0.05, 0) is 66.6 Å². The zero-order valence-corrected chi connectivity index (χ0v) is 18.9. The number of benzene rings is 1. The molecule has 2 spiro atoms. The van der Waals surface area contributed by atoms with Crippen molar-refractivity contribution in [2.75, 3.05) is 6.54 Å². The number of piperidine rings is 2. The molecule has 1 aromatic rings. The summed E-state index contributed by atoms with van der Waals surface area (Å²) in [4.78, 5) is 15.6. The third-order valence-corrected chi connectivity index (χ3v) is 11.8. The molecule has 9 aliphatic rings. The average Bonchev–Trinajstić information content (AvgIpc) is 3.20. The molecule has 3 saturated heterocycles. The van der Waals surface area contributed by atoms with Gasteiger partial charge in [0.05, 0.1) is 22.7 Å². The number of nitrogens with zero attached hydrogens (tertiary/aromatic N) is 1. The van der Waals surface area contributed by atoms with E-state index in [4.69, 9.17) is 4.74 Å². The number of hydrogen-bond acceptors (Lipinski definition) is 6. The Morgan fingerprint density at radius 2 is 1.94 bits per heavy atom. The molecule has 6 saturated carbocycles. The highest BCUT2D eigenvalue weighted by Crippen LogP contribution is 2.88. The number of rotatable bonds is 2. The van der Waals surface area contributed by atoms with Crippen molar-refractivity contribution in [2.45, 2.75) is 68.6 Å². The van der Waals surface area contributed by atoms with Gasteiger partial charge in [0.2, 0.25) is 0 Å². The van der Waals surface area contributed by atoms with E-state index in [9.17, 15) is 20.1 Å². The molecular weight excluding hydrogens is 418 g/mol. The van der Waals surface area contributed by atoms with Crippen LogP contribution < -0.4 is 0 Å². The van der Waals surface area contributed by atoms with Crippen molar-refractivity contribution in [3.05, 3.63) is 48.0 Å².